The van der Waals surface area contributed by atoms with E-state index in [9.17, 15) is 4.79 Å². The number of fused-ring (bicyclic) bond motifs is 1. The second kappa shape index (κ2) is 7.19. The van der Waals surface area contributed by atoms with Crippen molar-refractivity contribution in [2.75, 3.05) is 11.2 Å². The maximum atomic E-state index is 12.4. The maximum absolute atomic E-state index is 12.4. The van der Waals surface area contributed by atoms with Crippen molar-refractivity contribution in [2.24, 2.45) is 0 Å². The van der Waals surface area contributed by atoms with Crippen molar-refractivity contribution < 1.29 is 4.79 Å². The Morgan fingerprint density at radius 2 is 1.96 bits per heavy atom. The van der Waals surface area contributed by atoms with E-state index in [2.05, 4.69) is 20.3 Å². The van der Waals surface area contributed by atoms with Gasteiger partial charge in [-0.1, -0.05) is 6.07 Å². The molecule has 23 heavy (non-hydrogen) atoms. The molecule has 0 aliphatic rings. The molecule has 1 amide bonds. The third-order valence-corrected chi connectivity index (χ3v) is 3.74. The van der Waals surface area contributed by atoms with Crippen molar-refractivity contribution in [1.29, 1.82) is 0 Å². The Morgan fingerprint density at radius 3 is 2.74 bits per heavy atom. The van der Waals surface area contributed by atoms with Gasteiger partial charge in [0, 0.05) is 24.8 Å². The minimum Gasteiger partial charge on any atom is -0.331 e. The summed E-state index contributed by atoms with van der Waals surface area (Å²) in [6.45, 7) is 0.829. The molecule has 3 aromatic rings. The van der Waals surface area contributed by atoms with Gasteiger partial charge in [-0.2, -0.15) is 0 Å². The van der Waals surface area contributed by atoms with Gasteiger partial charge in [0.1, 0.15) is 5.52 Å². The number of amides is 1. The van der Waals surface area contributed by atoms with Gasteiger partial charge in [-0.25, -0.2) is 15.0 Å². The summed E-state index contributed by atoms with van der Waals surface area (Å²) in [5, 5.41) is 2.68. The lowest BCUT2D eigenvalue weighted by atomic mass is 10.1. The van der Waals surface area contributed by atoms with Crippen molar-refractivity contribution in [3.05, 3.63) is 48.5 Å². The molecular weight excluding hydrogens is 314 g/mol. The Morgan fingerprint density at radius 1 is 1.13 bits per heavy atom. The average molecular weight is 330 g/mol. The van der Waals surface area contributed by atoms with E-state index in [4.69, 9.17) is 11.6 Å². The van der Waals surface area contributed by atoms with Crippen LogP contribution in [0.15, 0.2) is 43.0 Å². The third-order valence-electron chi connectivity index (χ3n) is 3.47. The zero-order valence-corrected chi connectivity index (χ0v) is 13.2. The fourth-order valence-corrected chi connectivity index (χ4v) is 2.55. The number of carbonyl (C=O) groups is 1. The van der Waals surface area contributed by atoms with Crippen LogP contribution in [0, 0.1) is 0 Å². The van der Waals surface area contributed by atoms with E-state index < -0.39 is 0 Å². The SMILES string of the molecule is O=C(Nc1ncccn1)c1cccc2c1ncn2CCCCCl. The number of carbonyl (C=O) groups excluding carboxylic acids is 1. The fraction of sp³-hybridized carbons (Fsp3) is 0.250. The Kier molecular flexibility index (Phi) is 4.83. The highest BCUT2D eigenvalue weighted by molar-refractivity contribution is 6.17. The number of nitrogens with zero attached hydrogens (tertiary/aromatic N) is 4. The third kappa shape index (κ3) is 3.48. The summed E-state index contributed by atoms with van der Waals surface area (Å²) in [4.78, 5) is 24.8. The predicted molar refractivity (Wildman–Crippen MR) is 89.7 cm³/mol. The van der Waals surface area contributed by atoms with Crippen LogP contribution in [0.3, 0.4) is 0 Å². The zero-order valence-electron chi connectivity index (χ0n) is 12.4. The second-order valence-electron chi connectivity index (χ2n) is 5.03. The van der Waals surface area contributed by atoms with Gasteiger partial charge in [0.25, 0.3) is 5.91 Å². The number of unbranched alkanes of at least 4 members (excludes halogenated alkanes) is 1. The van der Waals surface area contributed by atoms with Gasteiger partial charge < -0.3 is 4.57 Å². The van der Waals surface area contributed by atoms with E-state index in [0.29, 0.717) is 17.0 Å². The van der Waals surface area contributed by atoms with E-state index in [0.717, 1.165) is 24.9 Å². The topological polar surface area (TPSA) is 72.7 Å². The van der Waals surface area contributed by atoms with Gasteiger partial charge in [0.15, 0.2) is 0 Å². The van der Waals surface area contributed by atoms with Crippen molar-refractivity contribution in [3.63, 3.8) is 0 Å². The lowest BCUT2D eigenvalue weighted by Crippen LogP contribution is -2.14. The number of benzene rings is 1. The first-order valence-corrected chi connectivity index (χ1v) is 7.91. The molecule has 0 spiro atoms. The number of nitrogens with one attached hydrogen (secondary N) is 1. The minimum atomic E-state index is -0.271. The van der Waals surface area contributed by atoms with E-state index >= 15 is 0 Å². The number of aromatic nitrogens is 4. The number of imidazole rings is 1. The van der Waals surface area contributed by atoms with Gasteiger partial charge in [0.2, 0.25) is 5.95 Å². The largest absolute Gasteiger partial charge is 0.331 e. The van der Waals surface area contributed by atoms with Gasteiger partial charge in [-0.15, -0.1) is 11.6 Å². The molecule has 0 aliphatic carbocycles. The Hall–Kier alpha value is -2.47. The van der Waals surface area contributed by atoms with Crippen LogP contribution in [0.25, 0.3) is 11.0 Å². The fourth-order valence-electron chi connectivity index (χ4n) is 2.36. The van der Waals surface area contributed by atoms with Crippen LogP contribution in [0.4, 0.5) is 5.95 Å². The first-order chi connectivity index (χ1) is 11.3. The Balaban J connectivity index is 1.85. The Labute approximate surface area is 138 Å². The molecule has 2 aromatic heterocycles. The summed E-state index contributed by atoms with van der Waals surface area (Å²) >= 11 is 5.71. The molecule has 3 rings (SSSR count). The highest BCUT2D eigenvalue weighted by Crippen LogP contribution is 2.19. The molecule has 0 bridgehead atoms. The second-order valence-corrected chi connectivity index (χ2v) is 5.41. The summed E-state index contributed by atoms with van der Waals surface area (Å²) in [6.07, 6.45) is 6.84. The smallest absolute Gasteiger partial charge is 0.260 e. The molecule has 0 aliphatic heterocycles. The van der Waals surface area contributed by atoms with E-state index in [1.165, 1.54) is 0 Å². The number of alkyl halides is 1. The quantitative estimate of drug-likeness (QED) is 0.557. The number of hydrogen-bond donors (Lipinski definition) is 1. The summed E-state index contributed by atoms with van der Waals surface area (Å²) in [5.41, 5.74) is 2.11. The first-order valence-electron chi connectivity index (χ1n) is 7.38. The summed E-state index contributed by atoms with van der Waals surface area (Å²) in [6, 6.07) is 7.25. The molecule has 0 saturated heterocycles. The van der Waals surface area contributed by atoms with Crippen LogP contribution in [0.5, 0.6) is 0 Å². The number of halogens is 1. The summed E-state index contributed by atoms with van der Waals surface area (Å²) in [5.74, 6) is 0.654. The first kappa shape index (κ1) is 15.4. The van der Waals surface area contributed by atoms with Crippen LogP contribution < -0.4 is 5.32 Å². The minimum absolute atomic E-state index is 0.271. The molecule has 6 nitrogen and oxygen atoms in total. The molecule has 0 saturated carbocycles. The zero-order chi connectivity index (χ0) is 16.1. The summed E-state index contributed by atoms with van der Waals surface area (Å²) in [7, 11) is 0. The van der Waals surface area contributed by atoms with Crippen molar-refractivity contribution in [3.8, 4) is 0 Å². The molecule has 0 fully saturated rings. The van der Waals surface area contributed by atoms with Crippen LogP contribution in [0.1, 0.15) is 23.2 Å². The normalized spacial score (nSPS) is 10.8. The highest BCUT2D eigenvalue weighted by atomic mass is 35.5. The van der Waals surface area contributed by atoms with Crippen LogP contribution >= 0.6 is 11.6 Å². The number of aryl methyl sites for hydroxylation is 1. The molecule has 118 valence electrons. The average Bonchev–Trinajstić information content (AvgIpc) is 2.99. The molecule has 0 atom stereocenters. The Bertz CT molecular complexity index is 803. The van der Waals surface area contributed by atoms with E-state index in [1.54, 1.807) is 30.9 Å². The number of anilines is 1. The van der Waals surface area contributed by atoms with Crippen LogP contribution in [-0.4, -0.2) is 31.3 Å². The van der Waals surface area contributed by atoms with E-state index in [1.807, 2.05) is 16.7 Å². The predicted octanol–water partition coefficient (Wildman–Crippen LogP) is 3.10. The molecule has 2 heterocycles. The molecule has 7 heteroatoms. The maximum Gasteiger partial charge on any atom is 0.260 e. The van der Waals surface area contributed by atoms with Crippen LogP contribution in [0.2, 0.25) is 0 Å². The van der Waals surface area contributed by atoms with Crippen molar-refractivity contribution in [1.82, 2.24) is 19.5 Å². The van der Waals surface area contributed by atoms with Gasteiger partial charge in [0.05, 0.1) is 17.4 Å². The lowest BCUT2D eigenvalue weighted by molar-refractivity contribution is 0.102. The van der Waals surface area contributed by atoms with Gasteiger partial charge >= 0.3 is 0 Å². The van der Waals surface area contributed by atoms with Crippen LogP contribution in [-0.2, 0) is 6.54 Å². The molecular formula is C16H16ClN5O. The number of rotatable bonds is 6. The monoisotopic (exact) mass is 329 g/mol. The lowest BCUT2D eigenvalue weighted by Gasteiger charge is -2.06. The molecule has 0 radical (unpaired) electrons. The standard InChI is InChI=1S/C16H16ClN5O/c17-7-1-2-10-22-11-20-14-12(5-3-6-13(14)22)15(23)21-16-18-8-4-9-19-16/h3-6,8-9,11H,1-2,7,10H2,(H,18,19,21,23). The molecule has 0 unspecified atom stereocenters. The van der Waals surface area contributed by atoms with Crippen molar-refractivity contribution >= 4 is 34.5 Å². The number of hydrogen-bond acceptors (Lipinski definition) is 4. The highest BCUT2D eigenvalue weighted by Gasteiger charge is 2.14. The molecule has 1 N–H and O–H groups in total. The van der Waals surface area contributed by atoms with E-state index in [-0.39, 0.29) is 11.9 Å². The number of para-hydroxylation sites is 1. The summed E-state index contributed by atoms with van der Waals surface area (Å²) < 4.78 is 2.04. The van der Waals surface area contributed by atoms with Gasteiger partial charge in [-0.3, -0.25) is 10.1 Å². The van der Waals surface area contributed by atoms with Gasteiger partial charge in [-0.05, 0) is 31.0 Å². The van der Waals surface area contributed by atoms with Crippen molar-refractivity contribution in [2.45, 2.75) is 19.4 Å². The molecule has 1 aromatic carbocycles.